The first-order valence-electron chi connectivity index (χ1n) is 7.15. The highest BCUT2D eigenvalue weighted by Gasteiger charge is 2.12. The molecule has 2 rings (SSSR count). The summed E-state index contributed by atoms with van der Waals surface area (Å²) >= 11 is 0. The second-order valence-electron chi connectivity index (χ2n) is 5.30. The van der Waals surface area contributed by atoms with E-state index < -0.39 is 0 Å². The van der Waals surface area contributed by atoms with Crippen LogP contribution in [0.25, 0.3) is 0 Å². The lowest BCUT2D eigenvalue weighted by atomic mass is 9.95. The van der Waals surface area contributed by atoms with Crippen molar-refractivity contribution in [1.29, 1.82) is 0 Å². The Kier molecular flexibility index (Phi) is 4.91. The van der Waals surface area contributed by atoms with Crippen LogP contribution < -0.4 is 5.32 Å². The van der Waals surface area contributed by atoms with Crippen molar-refractivity contribution >= 4 is 0 Å². The Hall–Kier alpha value is -1.67. The van der Waals surface area contributed by atoms with E-state index in [0.29, 0.717) is 0 Å². The molecule has 2 heteroatoms. The highest BCUT2D eigenvalue weighted by atomic mass is 19.1. The van der Waals surface area contributed by atoms with Crippen LogP contribution in [0.1, 0.15) is 35.2 Å². The molecule has 2 aromatic carbocycles. The summed E-state index contributed by atoms with van der Waals surface area (Å²) in [6.07, 6.45) is 0.878. The zero-order valence-electron chi connectivity index (χ0n) is 12.4. The van der Waals surface area contributed by atoms with Crippen LogP contribution in [0, 0.1) is 19.7 Å². The summed E-state index contributed by atoms with van der Waals surface area (Å²) in [5, 5.41) is 3.52. The highest BCUT2D eigenvalue weighted by molar-refractivity contribution is 5.31. The predicted molar refractivity (Wildman–Crippen MR) is 82.4 cm³/mol. The van der Waals surface area contributed by atoms with E-state index in [9.17, 15) is 4.39 Å². The summed E-state index contributed by atoms with van der Waals surface area (Å²) in [6, 6.07) is 13.9. The van der Waals surface area contributed by atoms with Crippen LogP contribution in [0.4, 0.5) is 4.39 Å². The van der Waals surface area contributed by atoms with Crippen molar-refractivity contribution in [2.45, 2.75) is 33.2 Å². The fourth-order valence-electron chi connectivity index (χ4n) is 2.55. The quantitative estimate of drug-likeness (QED) is 0.853. The van der Waals surface area contributed by atoms with Gasteiger partial charge in [-0.25, -0.2) is 4.39 Å². The zero-order valence-corrected chi connectivity index (χ0v) is 12.4. The molecule has 0 aliphatic heterocycles. The zero-order chi connectivity index (χ0) is 14.5. The fraction of sp³-hybridized carbons (Fsp3) is 0.333. The number of likely N-dealkylation sites (N-methyl/N-ethyl adjacent to an activating group) is 1. The molecule has 2 aromatic rings. The molecule has 0 spiro atoms. The molecule has 1 nitrogen and oxygen atoms in total. The SMILES string of the molecule is CCNC(Cc1ccc(F)cc1C)c1cccc(C)c1. The number of halogens is 1. The van der Waals surface area contributed by atoms with E-state index in [2.05, 4.69) is 43.4 Å². The van der Waals surface area contributed by atoms with Crippen molar-refractivity contribution in [3.63, 3.8) is 0 Å². The van der Waals surface area contributed by atoms with Gasteiger partial charge in [0, 0.05) is 6.04 Å². The van der Waals surface area contributed by atoms with Crippen LogP contribution in [0.2, 0.25) is 0 Å². The van der Waals surface area contributed by atoms with Crippen molar-refractivity contribution < 1.29 is 4.39 Å². The third-order valence-corrected chi connectivity index (χ3v) is 3.62. The Bertz CT molecular complexity index is 577. The highest BCUT2D eigenvalue weighted by Crippen LogP contribution is 2.22. The van der Waals surface area contributed by atoms with E-state index in [1.54, 1.807) is 12.1 Å². The van der Waals surface area contributed by atoms with Crippen LogP contribution in [0.15, 0.2) is 42.5 Å². The van der Waals surface area contributed by atoms with Gasteiger partial charge in [-0.2, -0.15) is 0 Å². The number of rotatable bonds is 5. The molecule has 0 radical (unpaired) electrons. The second kappa shape index (κ2) is 6.67. The first-order chi connectivity index (χ1) is 9.60. The molecule has 1 atom stereocenters. The van der Waals surface area contributed by atoms with E-state index in [-0.39, 0.29) is 11.9 Å². The van der Waals surface area contributed by atoms with E-state index in [1.165, 1.54) is 16.7 Å². The molecule has 0 saturated carbocycles. The molecular formula is C18H22FN. The normalized spacial score (nSPS) is 12.4. The third kappa shape index (κ3) is 3.67. The number of hydrogen-bond donors (Lipinski definition) is 1. The van der Waals surface area contributed by atoms with Crippen LogP contribution in [0.5, 0.6) is 0 Å². The van der Waals surface area contributed by atoms with Crippen molar-refractivity contribution in [2.75, 3.05) is 6.54 Å². The maximum absolute atomic E-state index is 13.2. The van der Waals surface area contributed by atoms with E-state index >= 15 is 0 Å². The van der Waals surface area contributed by atoms with Crippen molar-refractivity contribution in [2.24, 2.45) is 0 Å². The molecule has 0 bridgehead atoms. The lowest BCUT2D eigenvalue weighted by Crippen LogP contribution is -2.23. The topological polar surface area (TPSA) is 12.0 Å². The Labute approximate surface area is 120 Å². The maximum atomic E-state index is 13.2. The van der Waals surface area contributed by atoms with Gasteiger partial charge in [0.25, 0.3) is 0 Å². The van der Waals surface area contributed by atoms with Crippen LogP contribution in [-0.4, -0.2) is 6.54 Å². The fourth-order valence-corrected chi connectivity index (χ4v) is 2.55. The maximum Gasteiger partial charge on any atom is 0.123 e. The molecule has 0 saturated heterocycles. The van der Waals surface area contributed by atoms with Gasteiger partial charge in [-0.1, -0.05) is 42.8 Å². The summed E-state index contributed by atoms with van der Waals surface area (Å²) in [7, 11) is 0. The molecule has 0 fully saturated rings. The first-order valence-corrected chi connectivity index (χ1v) is 7.15. The monoisotopic (exact) mass is 271 g/mol. The molecule has 106 valence electrons. The van der Waals surface area contributed by atoms with E-state index in [1.807, 2.05) is 13.0 Å². The molecule has 0 aromatic heterocycles. The average molecular weight is 271 g/mol. The summed E-state index contributed by atoms with van der Waals surface area (Å²) in [6.45, 7) is 7.10. The second-order valence-corrected chi connectivity index (χ2v) is 5.30. The summed E-state index contributed by atoms with van der Waals surface area (Å²) < 4.78 is 13.2. The molecule has 1 unspecified atom stereocenters. The Morgan fingerprint density at radius 3 is 2.55 bits per heavy atom. The van der Waals surface area contributed by atoms with Gasteiger partial charge < -0.3 is 5.32 Å². The molecule has 0 amide bonds. The Morgan fingerprint density at radius 1 is 1.10 bits per heavy atom. The van der Waals surface area contributed by atoms with Crippen molar-refractivity contribution in [3.8, 4) is 0 Å². The van der Waals surface area contributed by atoms with Gasteiger partial charge in [-0.15, -0.1) is 0 Å². The number of hydrogen-bond acceptors (Lipinski definition) is 1. The summed E-state index contributed by atoms with van der Waals surface area (Å²) in [5.74, 6) is -0.165. The molecule has 0 aliphatic rings. The summed E-state index contributed by atoms with van der Waals surface area (Å²) in [5.41, 5.74) is 4.76. The minimum atomic E-state index is -0.165. The smallest absolute Gasteiger partial charge is 0.123 e. The van der Waals surface area contributed by atoms with Gasteiger partial charge >= 0.3 is 0 Å². The molecule has 0 heterocycles. The van der Waals surface area contributed by atoms with Gasteiger partial charge in [0.05, 0.1) is 0 Å². The lowest BCUT2D eigenvalue weighted by molar-refractivity contribution is 0.547. The van der Waals surface area contributed by atoms with Crippen molar-refractivity contribution in [1.82, 2.24) is 5.32 Å². The first kappa shape index (κ1) is 14.7. The van der Waals surface area contributed by atoms with Crippen LogP contribution in [0.3, 0.4) is 0 Å². The van der Waals surface area contributed by atoms with Gasteiger partial charge in [0.15, 0.2) is 0 Å². The minimum Gasteiger partial charge on any atom is -0.310 e. The standard InChI is InChI=1S/C18H22FN/c1-4-20-18(16-7-5-6-13(2)10-16)12-15-8-9-17(19)11-14(15)3/h5-11,18,20H,4,12H2,1-3H3. The minimum absolute atomic E-state index is 0.165. The molecule has 0 aliphatic carbocycles. The Morgan fingerprint density at radius 2 is 1.90 bits per heavy atom. The predicted octanol–water partition coefficient (Wildman–Crippen LogP) is 4.34. The van der Waals surface area contributed by atoms with Crippen molar-refractivity contribution in [3.05, 3.63) is 70.5 Å². The van der Waals surface area contributed by atoms with Crippen LogP contribution >= 0.6 is 0 Å². The molecule has 20 heavy (non-hydrogen) atoms. The van der Waals surface area contributed by atoms with Gasteiger partial charge in [0.1, 0.15) is 5.82 Å². The molecule has 1 N–H and O–H groups in total. The average Bonchev–Trinajstić information content (AvgIpc) is 2.41. The largest absolute Gasteiger partial charge is 0.310 e. The summed E-state index contributed by atoms with van der Waals surface area (Å²) in [4.78, 5) is 0. The van der Waals surface area contributed by atoms with E-state index in [0.717, 1.165) is 18.5 Å². The van der Waals surface area contributed by atoms with E-state index in [4.69, 9.17) is 0 Å². The van der Waals surface area contributed by atoms with Gasteiger partial charge in [-0.05, 0) is 55.6 Å². The third-order valence-electron chi connectivity index (χ3n) is 3.62. The Balaban J connectivity index is 2.25. The number of benzene rings is 2. The van der Waals surface area contributed by atoms with Gasteiger partial charge in [0.2, 0.25) is 0 Å². The number of aryl methyl sites for hydroxylation is 2. The van der Waals surface area contributed by atoms with Crippen LogP contribution in [-0.2, 0) is 6.42 Å². The van der Waals surface area contributed by atoms with Gasteiger partial charge in [-0.3, -0.25) is 0 Å². The lowest BCUT2D eigenvalue weighted by Gasteiger charge is -2.20. The molecular weight excluding hydrogens is 249 g/mol. The number of nitrogens with one attached hydrogen (secondary N) is 1.